The van der Waals surface area contributed by atoms with E-state index in [9.17, 15) is 0 Å². The molecule has 0 saturated carbocycles. The van der Waals surface area contributed by atoms with Crippen LogP contribution in [0.2, 0.25) is 0 Å². The molecule has 4 heteroatoms. The topological polar surface area (TPSA) is 57.5 Å². The van der Waals surface area contributed by atoms with Gasteiger partial charge in [0.2, 0.25) is 0 Å². The fourth-order valence-electron chi connectivity index (χ4n) is 0.650. The van der Waals surface area contributed by atoms with E-state index in [1.165, 1.54) is 12.8 Å². The Balaban J connectivity index is 2.70. The van der Waals surface area contributed by atoms with Crippen LogP contribution in [0.5, 0.6) is 0 Å². The second kappa shape index (κ2) is 8.36. The summed E-state index contributed by atoms with van der Waals surface area (Å²) >= 11 is 0. The van der Waals surface area contributed by atoms with E-state index in [0.29, 0.717) is 6.73 Å². The summed E-state index contributed by atoms with van der Waals surface area (Å²) in [6, 6.07) is 0. The Hall–Kier alpha value is -0.640. The summed E-state index contributed by atoms with van der Waals surface area (Å²) in [7, 11) is 0. The molecule has 0 heterocycles. The molecule has 0 aliphatic heterocycles. The van der Waals surface area contributed by atoms with Crippen molar-refractivity contribution < 1.29 is 4.84 Å². The van der Waals surface area contributed by atoms with Crippen molar-refractivity contribution in [3.8, 4) is 0 Å². The summed E-state index contributed by atoms with van der Waals surface area (Å²) in [5, 5.41) is 5.73. The van der Waals surface area contributed by atoms with E-state index < -0.39 is 0 Å². The highest BCUT2D eigenvalue weighted by Crippen LogP contribution is 1.90. The second-order valence-corrected chi connectivity index (χ2v) is 2.07. The molecule has 0 fully saturated rings. The summed E-state index contributed by atoms with van der Waals surface area (Å²) in [4.78, 5) is 4.39. The minimum absolute atomic E-state index is 0.354. The van der Waals surface area contributed by atoms with E-state index in [1.807, 2.05) is 0 Å². The highest BCUT2D eigenvalue weighted by Gasteiger charge is 1.85. The number of rotatable bonds is 7. The van der Waals surface area contributed by atoms with Gasteiger partial charge in [-0.05, 0) is 13.0 Å². The third-order valence-electron chi connectivity index (χ3n) is 1.19. The molecule has 0 aliphatic carbocycles. The smallest absolute Gasteiger partial charge is 0.170 e. The van der Waals surface area contributed by atoms with Crippen molar-refractivity contribution in [3.63, 3.8) is 0 Å². The lowest BCUT2D eigenvalue weighted by molar-refractivity contribution is 0.0998. The summed E-state index contributed by atoms with van der Waals surface area (Å²) < 4.78 is 0. The lowest BCUT2D eigenvalue weighted by Crippen LogP contribution is -2.17. The zero-order valence-corrected chi connectivity index (χ0v) is 6.39. The highest BCUT2D eigenvalue weighted by atomic mass is 16.6. The Morgan fingerprint density at radius 1 is 1.50 bits per heavy atom. The van der Waals surface area contributed by atoms with Gasteiger partial charge in [0, 0.05) is 5.28 Å². The predicted octanol–water partition coefficient (Wildman–Crippen LogP) is 1.69. The van der Waals surface area contributed by atoms with E-state index in [2.05, 4.69) is 22.4 Å². The molecular weight excluding hydrogens is 130 g/mol. The van der Waals surface area contributed by atoms with E-state index in [0.717, 1.165) is 13.0 Å². The first kappa shape index (κ1) is 9.36. The van der Waals surface area contributed by atoms with Crippen molar-refractivity contribution in [1.82, 2.24) is 5.32 Å². The second-order valence-electron chi connectivity index (χ2n) is 2.07. The molecule has 0 amide bonds. The monoisotopic (exact) mass is 145 g/mol. The molecule has 4 nitrogen and oxygen atoms in total. The molecule has 0 saturated heterocycles. The quantitative estimate of drug-likeness (QED) is 0.248. The average Bonchev–Trinajstić information content (AvgIpc) is 1.97. The fourth-order valence-corrected chi connectivity index (χ4v) is 0.650. The highest BCUT2D eigenvalue weighted by molar-refractivity contribution is 4.41. The zero-order valence-electron chi connectivity index (χ0n) is 6.39. The van der Waals surface area contributed by atoms with Crippen LogP contribution in [0.3, 0.4) is 0 Å². The Bertz CT molecular complexity index is 77.4. The molecule has 0 radical (unpaired) electrons. The molecule has 0 bridgehead atoms. The first-order valence-electron chi connectivity index (χ1n) is 3.61. The van der Waals surface area contributed by atoms with Crippen LogP contribution < -0.4 is 5.32 Å². The van der Waals surface area contributed by atoms with Crippen molar-refractivity contribution in [2.24, 2.45) is 5.28 Å². The lowest BCUT2D eigenvalue weighted by Gasteiger charge is -1.99. The van der Waals surface area contributed by atoms with Gasteiger partial charge in [0.25, 0.3) is 0 Å². The molecule has 0 aromatic heterocycles. The molecule has 0 rings (SSSR count). The van der Waals surface area contributed by atoms with E-state index >= 15 is 0 Å². The Morgan fingerprint density at radius 3 is 2.90 bits per heavy atom. The first-order valence-corrected chi connectivity index (χ1v) is 3.61. The fraction of sp³-hybridized carbons (Fsp3) is 1.00. The minimum Gasteiger partial charge on any atom is -0.364 e. The molecule has 60 valence electrons. The summed E-state index contributed by atoms with van der Waals surface area (Å²) in [5.41, 5.74) is 6.28. The Kier molecular flexibility index (Phi) is 7.82. The zero-order chi connectivity index (χ0) is 7.66. The van der Waals surface area contributed by atoms with Gasteiger partial charge >= 0.3 is 0 Å². The molecule has 0 atom stereocenters. The third kappa shape index (κ3) is 7.36. The van der Waals surface area contributed by atoms with Crippen LogP contribution in [-0.4, -0.2) is 13.3 Å². The van der Waals surface area contributed by atoms with Crippen molar-refractivity contribution in [3.05, 3.63) is 0 Å². The van der Waals surface area contributed by atoms with Gasteiger partial charge in [-0.1, -0.05) is 19.8 Å². The number of hydrogen-bond donors (Lipinski definition) is 2. The van der Waals surface area contributed by atoms with Crippen molar-refractivity contribution in [2.45, 2.75) is 26.2 Å². The summed E-state index contributed by atoms with van der Waals surface area (Å²) in [6.45, 7) is 3.46. The van der Waals surface area contributed by atoms with Gasteiger partial charge in [0.05, 0.1) is 0 Å². The molecule has 0 aromatic rings. The van der Waals surface area contributed by atoms with Crippen LogP contribution in [0.25, 0.3) is 0 Å². The van der Waals surface area contributed by atoms with Crippen molar-refractivity contribution >= 4 is 0 Å². The SMILES string of the molecule is CCCCCNCON=N. The maximum absolute atomic E-state index is 6.28. The van der Waals surface area contributed by atoms with E-state index in [4.69, 9.17) is 5.53 Å². The predicted molar refractivity (Wildman–Crippen MR) is 38.6 cm³/mol. The normalized spacial score (nSPS) is 9.30. The number of unbranched alkanes of at least 4 members (excludes halogenated alkanes) is 2. The molecule has 0 unspecified atom stereocenters. The van der Waals surface area contributed by atoms with E-state index in [1.54, 1.807) is 0 Å². The molecule has 0 aliphatic rings. The van der Waals surface area contributed by atoms with Gasteiger partial charge in [-0.3, -0.25) is 5.32 Å². The maximum Gasteiger partial charge on any atom is 0.170 e. The maximum atomic E-state index is 6.28. The van der Waals surface area contributed by atoms with Crippen LogP contribution in [0.1, 0.15) is 26.2 Å². The Morgan fingerprint density at radius 2 is 2.30 bits per heavy atom. The largest absolute Gasteiger partial charge is 0.364 e. The molecule has 0 spiro atoms. The van der Waals surface area contributed by atoms with Gasteiger partial charge in [0.1, 0.15) is 0 Å². The van der Waals surface area contributed by atoms with Gasteiger partial charge < -0.3 is 4.84 Å². The van der Waals surface area contributed by atoms with Gasteiger partial charge in [0.15, 0.2) is 6.73 Å². The van der Waals surface area contributed by atoms with Crippen LogP contribution in [0.4, 0.5) is 0 Å². The number of nitrogens with zero attached hydrogens (tertiary/aromatic N) is 1. The van der Waals surface area contributed by atoms with Crippen LogP contribution in [0, 0.1) is 5.53 Å². The number of nitrogens with one attached hydrogen (secondary N) is 2. The molecular formula is C6H15N3O. The summed E-state index contributed by atoms with van der Waals surface area (Å²) in [5.74, 6) is 0. The standard InChI is InChI=1S/C6H15N3O/c1-2-3-4-5-8-6-10-9-7/h7-8H,2-6H2,1H3. The van der Waals surface area contributed by atoms with E-state index in [-0.39, 0.29) is 0 Å². The van der Waals surface area contributed by atoms with Gasteiger partial charge in [-0.2, -0.15) is 5.53 Å². The lowest BCUT2D eigenvalue weighted by atomic mass is 10.2. The van der Waals surface area contributed by atoms with Crippen LogP contribution in [0.15, 0.2) is 5.28 Å². The van der Waals surface area contributed by atoms with Crippen molar-refractivity contribution in [1.29, 1.82) is 5.53 Å². The Labute approximate surface area is 61.4 Å². The van der Waals surface area contributed by atoms with Crippen LogP contribution >= 0.6 is 0 Å². The third-order valence-corrected chi connectivity index (χ3v) is 1.19. The van der Waals surface area contributed by atoms with Crippen molar-refractivity contribution in [2.75, 3.05) is 13.3 Å². The van der Waals surface area contributed by atoms with Gasteiger partial charge in [-0.15, -0.1) is 0 Å². The molecule has 2 N–H and O–H groups in total. The molecule has 10 heavy (non-hydrogen) atoms. The average molecular weight is 145 g/mol. The summed E-state index contributed by atoms with van der Waals surface area (Å²) in [6.07, 6.45) is 3.63. The molecule has 0 aromatic carbocycles. The van der Waals surface area contributed by atoms with Crippen LogP contribution in [-0.2, 0) is 4.84 Å². The number of hydrogen-bond acceptors (Lipinski definition) is 4. The first-order chi connectivity index (χ1) is 4.91. The minimum atomic E-state index is 0.354. The van der Waals surface area contributed by atoms with Gasteiger partial charge in [-0.25, -0.2) is 0 Å².